The summed E-state index contributed by atoms with van der Waals surface area (Å²) in [6, 6.07) is 12.8. The highest BCUT2D eigenvalue weighted by molar-refractivity contribution is 7.92. The van der Waals surface area contributed by atoms with E-state index in [2.05, 4.69) is 4.74 Å². The van der Waals surface area contributed by atoms with E-state index in [0.717, 1.165) is 30.7 Å². The van der Waals surface area contributed by atoms with Gasteiger partial charge in [0.15, 0.2) is 0 Å². The number of hydrogen-bond acceptors (Lipinski definition) is 3. The molecule has 0 saturated heterocycles. The Bertz CT molecular complexity index is 775. The number of halogens is 3. The van der Waals surface area contributed by atoms with Gasteiger partial charge in [0.05, 0.1) is 10.6 Å². The van der Waals surface area contributed by atoms with Crippen LogP contribution in [0.25, 0.3) is 0 Å². The number of para-hydroxylation sites is 1. The van der Waals surface area contributed by atoms with Crippen molar-refractivity contribution in [2.45, 2.75) is 31.0 Å². The molecule has 4 nitrogen and oxygen atoms in total. The van der Waals surface area contributed by atoms with Gasteiger partial charge in [0.25, 0.3) is 10.0 Å². The lowest BCUT2D eigenvalue weighted by Crippen LogP contribution is -2.32. The summed E-state index contributed by atoms with van der Waals surface area (Å²) < 4.78 is 67.5. The Morgan fingerprint density at radius 2 is 1.60 bits per heavy atom. The summed E-state index contributed by atoms with van der Waals surface area (Å²) in [7, 11) is -3.89. The van der Waals surface area contributed by atoms with Crippen molar-refractivity contribution in [3.8, 4) is 5.75 Å². The van der Waals surface area contributed by atoms with E-state index in [1.54, 1.807) is 30.3 Å². The molecule has 0 spiro atoms. The average molecular weight is 373 g/mol. The second kappa shape index (κ2) is 7.77. The van der Waals surface area contributed by atoms with E-state index in [4.69, 9.17) is 0 Å². The summed E-state index contributed by atoms with van der Waals surface area (Å²) in [4.78, 5) is -0.0954. The predicted molar refractivity (Wildman–Crippen MR) is 89.0 cm³/mol. The largest absolute Gasteiger partial charge is 0.573 e. The SMILES string of the molecule is CCCCN(c1ccccc1)S(=O)(=O)c1ccc(OC(F)(F)F)cc1. The number of sulfonamides is 1. The maximum Gasteiger partial charge on any atom is 0.573 e. The van der Waals surface area contributed by atoms with E-state index in [0.29, 0.717) is 12.1 Å². The molecule has 0 bridgehead atoms. The highest BCUT2D eigenvalue weighted by Gasteiger charge is 2.31. The van der Waals surface area contributed by atoms with Gasteiger partial charge in [-0.15, -0.1) is 13.2 Å². The van der Waals surface area contributed by atoms with Crippen LogP contribution < -0.4 is 9.04 Å². The van der Waals surface area contributed by atoms with Crippen molar-refractivity contribution in [2.24, 2.45) is 0 Å². The van der Waals surface area contributed by atoms with Gasteiger partial charge < -0.3 is 4.74 Å². The Hall–Kier alpha value is -2.22. The Balaban J connectivity index is 2.33. The third-order valence-corrected chi connectivity index (χ3v) is 5.25. The zero-order valence-electron chi connectivity index (χ0n) is 13.5. The molecule has 0 saturated carbocycles. The topological polar surface area (TPSA) is 46.6 Å². The number of rotatable bonds is 7. The number of ether oxygens (including phenoxy) is 1. The Kier molecular flexibility index (Phi) is 5.94. The van der Waals surface area contributed by atoms with Gasteiger partial charge in [-0.3, -0.25) is 4.31 Å². The van der Waals surface area contributed by atoms with Gasteiger partial charge in [0.1, 0.15) is 5.75 Å². The van der Waals surface area contributed by atoms with Gasteiger partial charge in [0, 0.05) is 6.54 Å². The first-order chi connectivity index (χ1) is 11.7. The first-order valence-corrected chi connectivity index (χ1v) is 9.11. The minimum atomic E-state index is -4.82. The molecule has 2 aromatic rings. The van der Waals surface area contributed by atoms with Crippen LogP contribution in [-0.2, 0) is 10.0 Å². The quantitative estimate of drug-likeness (QED) is 0.714. The first-order valence-electron chi connectivity index (χ1n) is 7.67. The second-order valence-electron chi connectivity index (χ2n) is 5.29. The van der Waals surface area contributed by atoms with E-state index in [9.17, 15) is 21.6 Å². The molecule has 8 heteroatoms. The molecule has 2 rings (SSSR count). The van der Waals surface area contributed by atoms with Gasteiger partial charge in [-0.05, 0) is 42.8 Å². The highest BCUT2D eigenvalue weighted by atomic mass is 32.2. The lowest BCUT2D eigenvalue weighted by Gasteiger charge is -2.24. The van der Waals surface area contributed by atoms with Crippen LogP contribution in [0.3, 0.4) is 0 Å². The van der Waals surface area contributed by atoms with Crippen LogP contribution >= 0.6 is 0 Å². The Morgan fingerprint density at radius 1 is 1.00 bits per heavy atom. The van der Waals surface area contributed by atoms with Crippen molar-refractivity contribution >= 4 is 15.7 Å². The zero-order chi connectivity index (χ0) is 18.5. The van der Waals surface area contributed by atoms with Crippen LogP contribution in [0.1, 0.15) is 19.8 Å². The van der Waals surface area contributed by atoms with Crippen LogP contribution in [-0.4, -0.2) is 21.3 Å². The molecule has 0 aliphatic heterocycles. The minimum Gasteiger partial charge on any atom is -0.406 e. The van der Waals surface area contributed by atoms with Crippen molar-refractivity contribution in [3.63, 3.8) is 0 Å². The highest BCUT2D eigenvalue weighted by Crippen LogP contribution is 2.27. The third-order valence-electron chi connectivity index (χ3n) is 3.40. The number of benzene rings is 2. The lowest BCUT2D eigenvalue weighted by atomic mass is 10.3. The number of hydrogen-bond donors (Lipinski definition) is 0. The molecule has 0 fully saturated rings. The molecule has 136 valence electrons. The van der Waals surface area contributed by atoms with Crippen LogP contribution in [0.15, 0.2) is 59.5 Å². The van der Waals surface area contributed by atoms with Gasteiger partial charge in [-0.2, -0.15) is 0 Å². The fourth-order valence-corrected chi connectivity index (χ4v) is 3.73. The van der Waals surface area contributed by atoms with Crippen molar-refractivity contribution in [1.29, 1.82) is 0 Å². The second-order valence-corrected chi connectivity index (χ2v) is 7.15. The fourth-order valence-electron chi connectivity index (χ4n) is 2.22. The molecule has 0 heterocycles. The average Bonchev–Trinajstić information content (AvgIpc) is 2.55. The summed E-state index contributed by atoms with van der Waals surface area (Å²) in [5, 5.41) is 0. The number of unbranched alkanes of at least 4 members (excludes halogenated alkanes) is 1. The molecule has 0 amide bonds. The zero-order valence-corrected chi connectivity index (χ0v) is 14.3. The molecule has 0 aromatic heterocycles. The van der Waals surface area contributed by atoms with Crippen LogP contribution in [0.4, 0.5) is 18.9 Å². The van der Waals surface area contributed by atoms with E-state index in [-0.39, 0.29) is 11.4 Å². The molecule has 0 radical (unpaired) electrons. The molecule has 0 aliphatic rings. The Labute approximate surface area is 144 Å². The first kappa shape index (κ1) is 19.1. The van der Waals surface area contributed by atoms with Crippen molar-refractivity contribution in [3.05, 3.63) is 54.6 Å². The minimum absolute atomic E-state index is 0.0954. The molecule has 0 unspecified atom stereocenters. The van der Waals surface area contributed by atoms with E-state index < -0.39 is 22.1 Å². The van der Waals surface area contributed by atoms with E-state index in [1.165, 1.54) is 4.31 Å². The third kappa shape index (κ3) is 5.12. The van der Waals surface area contributed by atoms with Crippen LogP contribution in [0, 0.1) is 0 Å². The molecule has 0 N–H and O–H groups in total. The van der Waals surface area contributed by atoms with Gasteiger partial charge in [-0.25, -0.2) is 8.42 Å². The molecule has 0 atom stereocenters. The maximum absolute atomic E-state index is 12.9. The maximum atomic E-state index is 12.9. The van der Waals surface area contributed by atoms with E-state index >= 15 is 0 Å². The molecule has 2 aromatic carbocycles. The van der Waals surface area contributed by atoms with Crippen molar-refractivity contribution in [2.75, 3.05) is 10.8 Å². The number of nitrogens with zero attached hydrogens (tertiary/aromatic N) is 1. The monoisotopic (exact) mass is 373 g/mol. The summed E-state index contributed by atoms with van der Waals surface area (Å²) in [5.41, 5.74) is 0.506. The van der Waals surface area contributed by atoms with Gasteiger partial charge in [0.2, 0.25) is 0 Å². The molecule has 0 aliphatic carbocycles. The standard InChI is InChI=1S/C17H18F3NO3S/c1-2-3-13-21(14-7-5-4-6-8-14)25(22,23)16-11-9-15(10-12-16)24-17(18,19)20/h4-12H,2-3,13H2,1H3. The normalized spacial score (nSPS) is 12.0. The predicted octanol–water partition coefficient (Wildman–Crippen LogP) is 4.58. The summed E-state index contributed by atoms with van der Waals surface area (Å²) >= 11 is 0. The van der Waals surface area contributed by atoms with Gasteiger partial charge >= 0.3 is 6.36 Å². The lowest BCUT2D eigenvalue weighted by molar-refractivity contribution is -0.274. The van der Waals surface area contributed by atoms with Gasteiger partial charge in [-0.1, -0.05) is 31.5 Å². The molecule has 25 heavy (non-hydrogen) atoms. The van der Waals surface area contributed by atoms with Crippen LogP contribution in [0.2, 0.25) is 0 Å². The van der Waals surface area contributed by atoms with Crippen LogP contribution in [0.5, 0.6) is 5.75 Å². The summed E-state index contributed by atoms with van der Waals surface area (Å²) in [6.07, 6.45) is -3.36. The molecular weight excluding hydrogens is 355 g/mol. The van der Waals surface area contributed by atoms with Crippen molar-refractivity contribution in [1.82, 2.24) is 0 Å². The summed E-state index contributed by atoms with van der Waals surface area (Å²) in [6.45, 7) is 2.22. The summed E-state index contributed by atoms with van der Waals surface area (Å²) in [5.74, 6) is -0.466. The smallest absolute Gasteiger partial charge is 0.406 e. The number of alkyl halides is 3. The van der Waals surface area contributed by atoms with E-state index in [1.807, 2.05) is 6.92 Å². The van der Waals surface area contributed by atoms with Crippen molar-refractivity contribution < 1.29 is 26.3 Å². The number of anilines is 1. The molecular formula is C17H18F3NO3S. The fraction of sp³-hybridized carbons (Fsp3) is 0.294. The Morgan fingerprint density at radius 3 is 2.12 bits per heavy atom.